The summed E-state index contributed by atoms with van der Waals surface area (Å²) in [7, 11) is 1.55. The molecule has 3 N–H and O–H groups in total. The van der Waals surface area contributed by atoms with Crippen molar-refractivity contribution >= 4 is 29.5 Å². The summed E-state index contributed by atoms with van der Waals surface area (Å²) in [5.74, 6) is -1.09. The number of nitrogens with one attached hydrogen (secondary N) is 2. The van der Waals surface area contributed by atoms with E-state index in [1.807, 2.05) is 6.92 Å². The Labute approximate surface area is 166 Å². The Morgan fingerprint density at radius 2 is 2.21 bits per heavy atom. The molecule has 152 valence electrons. The Kier molecular flexibility index (Phi) is 5.90. The lowest BCUT2D eigenvalue weighted by Crippen LogP contribution is -2.55. The number of nitrogens with zero attached hydrogens (tertiary/aromatic N) is 3. The molecule has 1 amide bonds. The first-order valence-electron chi connectivity index (χ1n) is 8.87. The number of carboxylic acids is 1. The van der Waals surface area contributed by atoms with Gasteiger partial charge in [-0.05, 0) is 19.8 Å². The fraction of sp³-hybridized carbons (Fsp3) is 0.529. The molecule has 2 aromatic rings. The average molecular weight is 412 g/mol. The molecule has 0 bridgehead atoms. The zero-order valence-electron chi connectivity index (χ0n) is 15.8. The third-order valence-electron chi connectivity index (χ3n) is 4.73. The lowest BCUT2D eigenvalue weighted by atomic mass is 10.0. The number of anilines is 1. The summed E-state index contributed by atoms with van der Waals surface area (Å²) >= 11 is 6.00. The monoisotopic (exact) mass is 411 g/mol. The number of carbonyl (C=O) groups is 2. The largest absolute Gasteiger partial charge is 0.476 e. The van der Waals surface area contributed by atoms with Gasteiger partial charge >= 0.3 is 5.97 Å². The Morgan fingerprint density at radius 3 is 2.79 bits per heavy atom. The second kappa shape index (κ2) is 8.19. The molecule has 2 atom stereocenters. The number of ether oxygens (including phenoxy) is 1. The number of oxazole rings is 1. The quantitative estimate of drug-likeness (QED) is 0.653. The van der Waals surface area contributed by atoms with Crippen molar-refractivity contribution in [2.75, 3.05) is 25.1 Å². The SMILES string of the molecule is CCc1[nH]c(C(=O)N[C@@H]2CCN(c3nc(C(=O)O)c(C)o3)C[C@@H]2OC)nc1Cl. The van der Waals surface area contributed by atoms with Gasteiger partial charge in [0.15, 0.2) is 16.7 Å². The number of aromatic amines is 1. The van der Waals surface area contributed by atoms with Crippen molar-refractivity contribution in [3.8, 4) is 0 Å². The maximum Gasteiger partial charge on any atom is 0.358 e. The number of rotatable bonds is 6. The highest BCUT2D eigenvalue weighted by Crippen LogP contribution is 2.24. The summed E-state index contributed by atoms with van der Waals surface area (Å²) in [4.78, 5) is 36.5. The predicted octanol–water partition coefficient (Wildman–Crippen LogP) is 1.64. The van der Waals surface area contributed by atoms with Crippen LogP contribution in [0.1, 0.15) is 45.9 Å². The van der Waals surface area contributed by atoms with Crippen LogP contribution in [-0.4, -0.2) is 64.3 Å². The molecule has 0 spiro atoms. The minimum Gasteiger partial charge on any atom is -0.476 e. The number of carbonyl (C=O) groups excluding carboxylic acids is 1. The van der Waals surface area contributed by atoms with Gasteiger partial charge in [-0.15, -0.1) is 0 Å². The molecule has 1 aliphatic heterocycles. The normalized spacial score (nSPS) is 19.6. The van der Waals surface area contributed by atoms with Gasteiger partial charge in [0.05, 0.1) is 24.4 Å². The number of carboxylic acid groups (broad SMARTS) is 1. The van der Waals surface area contributed by atoms with Crippen LogP contribution in [0.4, 0.5) is 6.01 Å². The summed E-state index contributed by atoms with van der Waals surface area (Å²) in [5, 5.41) is 12.3. The Morgan fingerprint density at radius 1 is 1.46 bits per heavy atom. The molecule has 3 rings (SSSR count). The van der Waals surface area contributed by atoms with Gasteiger partial charge in [0.25, 0.3) is 11.9 Å². The minimum absolute atomic E-state index is 0.110. The van der Waals surface area contributed by atoms with Gasteiger partial charge in [-0.3, -0.25) is 4.79 Å². The van der Waals surface area contributed by atoms with Crippen LogP contribution >= 0.6 is 11.6 Å². The van der Waals surface area contributed by atoms with Crippen molar-refractivity contribution in [1.82, 2.24) is 20.3 Å². The molecule has 0 aliphatic carbocycles. The van der Waals surface area contributed by atoms with Crippen LogP contribution in [-0.2, 0) is 11.2 Å². The van der Waals surface area contributed by atoms with E-state index in [1.165, 1.54) is 0 Å². The maximum absolute atomic E-state index is 12.5. The summed E-state index contributed by atoms with van der Waals surface area (Å²) in [6.07, 6.45) is 0.865. The van der Waals surface area contributed by atoms with Gasteiger partial charge < -0.3 is 29.5 Å². The molecular weight excluding hydrogens is 390 g/mol. The Balaban J connectivity index is 1.68. The van der Waals surface area contributed by atoms with Crippen LogP contribution in [0.2, 0.25) is 5.15 Å². The highest BCUT2D eigenvalue weighted by Gasteiger charge is 2.33. The van der Waals surface area contributed by atoms with E-state index < -0.39 is 5.97 Å². The molecule has 11 heteroatoms. The fourth-order valence-corrected chi connectivity index (χ4v) is 3.44. The molecule has 2 aromatic heterocycles. The Hall–Kier alpha value is -2.59. The number of H-pyrrole nitrogens is 1. The number of methoxy groups -OCH3 is 1. The minimum atomic E-state index is -1.14. The maximum atomic E-state index is 12.5. The standard InChI is InChI=1S/C17H22ClN5O5/c1-4-9-13(18)22-14(19-9)15(24)20-10-5-6-23(7-11(10)27-3)17-21-12(16(25)26)8(2)28-17/h10-11H,4-7H2,1-3H3,(H,19,22)(H,20,24)(H,25,26)/t10-,11+/m1/s1. The second-order valence-electron chi connectivity index (χ2n) is 6.50. The topological polar surface area (TPSA) is 134 Å². The lowest BCUT2D eigenvalue weighted by Gasteiger charge is -2.37. The second-order valence-corrected chi connectivity index (χ2v) is 6.86. The van der Waals surface area contributed by atoms with Gasteiger partial charge in [-0.2, -0.15) is 4.98 Å². The molecule has 10 nitrogen and oxygen atoms in total. The molecule has 1 fully saturated rings. The molecule has 28 heavy (non-hydrogen) atoms. The summed E-state index contributed by atoms with van der Waals surface area (Å²) in [6.45, 7) is 4.38. The van der Waals surface area contributed by atoms with E-state index in [-0.39, 0.29) is 41.3 Å². The van der Waals surface area contributed by atoms with Crippen molar-refractivity contribution in [1.29, 1.82) is 0 Å². The van der Waals surface area contributed by atoms with E-state index in [4.69, 9.17) is 25.9 Å². The van der Waals surface area contributed by atoms with Gasteiger partial charge in [0.2, 0.25) is 0 Å². The van der Waals surface area contributed by atoms with Crippen LogP contribution in [0.25, 0.3) is 0 Å². The first-order valence-corrected chi connectivity index (χ1v) is 9.25. The number of amides is 1. The van der Waals surface area contributed by atoms with E-state index >= 15 is 0 Å². The molecule has 0 aromatic carbocycles. The number of aryl methyl sites for hydroxylation is 2. The molecule has 0 saturated carbocycles. The van der Waals surface area contributed by atoms with E-state index in [9.17, 15) is 9.59 Å². The van der Waals surface area contributed by atoms with Crippen molar-refractivity contribution in [3.63, 3.8) is 0 Å². The molecule has 1 saturated heterocycles. The highest BCUT2D eigenvalue weighted by molar-refractivity contribution is 6.30. The number of imidazole rings is 1. The van der Waals surface area contributed by atoms with Crippen molar-refractivity contribution in [2.24, 2.45) is 0 Å². The van der Waals surface area contributed by atoms with Crippen LogP contribution < -0.4 is 10.2 Å². The van der Waals surface area contributed by atoms with E-state index in [1.54, 1.807) is 18.9 Å². The number of aromatic carboxylic acids is 1. The average Bonchev–Trinajstić information content (AvgIpc) is 3.24. The first kappa shape index (κ1) is 20.2. The molecule has 0 radical (unpaired) electrons. The third-order valence-corrected chi connectivity index (χ3v) is 5.05. The highest BCUT2D eigenvalue weighted by atomic mass is 35.5. The lowest BCUT2D eigenvalue weighted by molar-refractivity contribution is 0.0529. The van der Waals surface area contributed by atoms with E-state index in [2.05, 4.69) is 20.3 Å². The third kappa shape index (κ3) is 3.97. The zero-order chi connectivity index (χ0) is 20.4. The fourth-order valence-electron chi connectivity index (χ4n) is 3.18. The van der Waals surface area contributed by atoms with Crippen LogP contribution in [0, 0.1) is 6.92 Å². The number of halogens is 1. The molecule has 3 heterocycles. The molecule has 0 unspecified atom stereocenters. The van der Waals surface area contributed by atoms with Gasteiger partial charge in [0, 0.05) is 13.7 Å². The van der Waals surface area contributed by atoms with Crippen molar-refractivity contribution in [3.05, 3.63) is 28.1 Å². The van der Waals surface area contributed by atoms with Gasteiger partial charge in [0.1, 0.15) is 5.76 Å². The number of piperidine rings is 1. The van der Waals surface area contributed by atoms with Crippen LogP contribution in [0.15, 0.2) is 4.42 Å². The number of hydrogen-bond donors (Lipinski definition) is 3. The van der Waals surface area contributed by atoms with Gasteiger partial charge in [-0.25, -0.2) is 9.78 Å². The zero-order valence-corrected chi connectivity index (χ0v) is 16.5. The molecular formula is C17H22ClN5O5. The van der Waals surface area contributed by atoms with Crippen LogP contribution in [0.3, 0.4) is 0 Å². The summed E-state index contributed by atoms with van der Waals surface area (Å²) < 4.78 is 11.0. The van der Waals surface area contributed by atoms with Crippen molar-refractivity contribution < 1.29 is 23.8 Å². The smallest absolute Gasteiger partial charge is 0.358 e. The molecule has 1 aliphatic rings. The number of aromatic nitrogens is 3. The predicted molar refractivity (Wildman–Crippen MR) is 100 cm³/mol. The van der Waals surface area contributed by atoms with Crippen LogP contribution in [0.5, 0.6) is 0 Å². The van der Waals surface area contributed by atoms with Crippen molar-refractivity contribution in [2.45, 2.75) is 38.8 Å². The van der Waals surface area contributed by atoms with E-state index in [0.717, 1.165) is 0 Å². The summed E-state index contributed by atoms with van der Waals surface area (Å²) in [6, 6.07) is -0.0233. The Bertz CT molecular complexity index is 879. The van der Waals surface area contributed by atoms with Gasteiger partial charge in [-0.1, -0.05) is 18.5 Å². The van der Waals surface area contributed by atoms with E-state index in [0.29, 0.717) is 36.8 Å². The number of hydrogen-bond acceptors (Lipinski definition) is 7. The summed E-state index contributed by atoms with van der Waals surface area (Å²) in [5.41, 5.74) is 0.597. The first-order chi connectivity index (χ1) is 13.3.